The lowest BCUT2D eigenvalue weighted by atomic mass is 10.0. The minimum absolute atomic E-state index is 0.0311. The first-order valence-electron chi connectivity index (χ1n) is 13.6. The van der Waals surface area contributed by atoms with Crippen LogP contribution in [-0.2, 0) is 0 Å². The SMILES string of the molecule is N#Cc1ccc(-c2cc(NC[C@@H]3CCCNCC3)nn2-c2ccc(N3CCN(CCO)CC3)cc2)cc1F. The Morgan fingerprint density at radius 3 is 2.55 bits per heavy atom. The molecule has 0 saturated carbocycles. The highest BCUT2D eigenvalue weighted by Crippen LogP contribution is 2.29. The average Bonchev–Trinajstić information content (AvgIpc) is 3.20. The molecule has 0 bridgehead atoms. The van der Waals surface area contributed by atoms with Gasteiger partial charge in [0.05, 0.1) is 23.6 Å². The van der Waals surface area contributed by atoms with Crippen LogP contribution in [0.25, 0.3) is 16.9 Å². The molecule has 0 radical (unpaired) electrons. The molecule has 3 N–H and O–H groups in total. The molecule has 9 heteroatoms. The highest BCUT2D eigenvalue weighted by molar-refractivity contribution is 5.67. The second kappa shape index (κ2) is 12.4. The van der Waals surface area contributed by atoms with Crippen molar-refractivity contribution in [3.05, 3.63) is 59.9 Å². The molecular formula is C29H36FN7O. The summed E-state index contributed by atoms with van der Waals surface area (Å²) in [7, 11) is 0. The van der Waals surface area contributed by atoms with Crippen LogP contribution in [-0.4, -0.2) is 78.8 Å². The molecule has 2 aliphatic heterocycles. The van der Waals surface area contributed by atoms with Gasteiger partial charge in [0.15, 0.2) is 0 Å². The number of aromatic nitrogens is 2. The summed E-state index contributed by atoms with van der Waals surface area (Å²) in [6, 6.07) is 16.9. The number of nitriles is 1. The molecule has 0 aliphatic carbocycles. The van der Waals surface area contributed by atoms with Gasteiger partial charge in [-0.05, 0) is 74.7 Å². The molecule has 2 aliphatic rings. The standard InChI is InChI=1S/C29H36FN7O/c30-27-18-23(3-4-24(27)20-31)28-19-29(33-21-22-2-1-10-32-11-9-22)34-37(28)26-7-5-25(6-8-26)36-14-12-35(13-15-36)16-17-38/h3-8,18-19,22,32,38H,1-2,9-17,21H2,(H,33,34)/t22-/m1/s1. The smallest absolute Gasteiger partial charge is 0.149 e. The molecule has 0 amide bonds. The normalized spacial score (nSPS) is 18.7. The second-order valence-electron chi connectivity index (χ2n) is 10.1. The molecule has 8 nitrogen and oxygen atoms in total. The molecule has 0 unspecified atom stereocenters. The maximum atomic E-state index is 14.5. The third-order valence-corrected chi connectivity index (χ3v) is 7.61. The molecule has 1 atom stereocenters. The Morgan fingerprint density at radius 1 is 1.03 bits per heavy atom. The third-order valence-electron chi connectivity index (χ3n) is 7.61. The number of nitrogens with zero attached hydrogens (tertiary/aromatic N) is 5. The van der Waals surface area contributed by atoms with Crippen LogP contribution in [0.1, 0.15) is 24.8 Å². The summed E-state index contributed by atoms with van der Waals surface area (Å²) in [6.45, 7) is 7.58. The Kier molecular flexibility index (Phi) is 8.54. The fraction of sp³-hybridized carbons (Fsp3) is 0.448. The summed E-state index contributed by atoms with van der Waals surface area (Å²) in [4.78, 5) is 4.63. The summed E-state index contributed by atoms with van der Waals surface area (Å²) >= 11 is 0. The zero-order valence-corrected chi connectivity index (χ0v) is 21.7. The topological polar surface area (TPSA) is 92.4 Å². The highest BCUT2D eigenvalue weighted by atomic mass is 19.1. The first-order valence-corrected chi connectivity index (χ1v) is 13.6. The molecular weight excluding hydrogens is 481 g/mol. The molecule has 3 aromatic rings. The maximum absolute atomic E-state index is 14.5. The van der Waals surface area contributed by atoms with Crippen LogP contribution in [0.4, 0.5) is 15.9 Å². The fourth-order valence-corrected chi connectivity index (χ4v) is 5.36. The van der Waals surface area contributed by atoms with E-state index >= 15 is 0 Å². The van der Waals surface area contributed by atoms with Crippen LogP contribution in [0, 0.1) is 23.1 Å². The molecule has 1 aromatic heterocycles. The Hall–Kier alpha value is -3.45. The minimum Gasteiger partial charge on any atom is -0.395 e. The highest BCUT2D eigenvalue weighted by Gasteiger charge is 2.19. The number of aliphatic hydroxyl groups is 1. The number of rotatable bonds is 8. The summed E-state index contributed by atoms with van der Waals surface area (Å²) in [5.74, 6) is 0.808. The van der Waals surface area contributed by atoms with E-state index in [0.717, 1.165) is 81.7 Å². The van der Waals surface area contributed by atoms with E-state index in [2.05, 4.69) is 32.6 Å². The van der Waals surface area contributed by atoms with Gasteiger partial charge < -0.3 is 20.6 Å². The molecule has 5 rings (SSSR count). The Bertz CT molecular complexity index is 1240. The Morgan fingerprint density at radius 2 is 1.82 bits per heavy atom. The number of hydrogen-bond donors (Lipinski definition) is 3. The van der Waals surface area contributed by atoms with Gasteiger partial charge >= 0.3 is 0 Å². The van der Waals surface area contributed by atoms with Gasteiger partial charge in [-0.1, -0.05) is 6.07 Å². The molecule has 2 aromatic carbocycles. The van der Waals surface area contributed by atoms with Crippen LogP contribution in [0.2, 0.25) is 0 Å². The molecule has 0 spiro atoms. The molecule has 200 valence electrons. The summed E-state index contributed by atoms with van der Waals surface area (Å²) in [6.07, 6.45) is 3.50. The first-order chi connectivity index (χ1) is 18.6. The predicted octanol–water partition coefficient (Wildman–Crippen LogP) is 3.47. The Balaban J connectivity index is 1.38. The van der Waals surface area contributed by atoms with Gasteiger partial charge in [0.2, 0.25) is 0 Å². The van der Waals surface area contributed by atoms with E-state index in [1.165, 1.54) is 25.0 Å². The van der Waals surface area contributed by atoms with Crippen molar-refractivity contribution < 1.29 is 9.50 Å². The quantitative estimate of drug-likeness (QED) is 0.421. The van der Waals surface area contributed by atoms with E-state index in [0.29, 0.717) is 11.5 Å². The van der Waals surface area contributed by atoms with Gasteiger partial charge in [-0.15, -0.1) is 5.10 Å². The van der Waals surface area contributed by atoms with Crippen molar-refractivity contribution in [1.82, 2.24) is 20.0 Å². The van der Waals surface area contributed by atoms with Crippen LogP contribution in [0.3, 0.4) is 0 Å². The van der Waals surface area contributed by atoms with Gasteiger partial charge in [-0.25, -0.2) is 9.07 Å². The second-order valence-corrected chi connectivity index (χ2v) is 10.1. The first kappa shape index (κ1) is 26.2. The van der Waals surface area contributed by atoms with E-state index in [1.807, 2.05) is 29.0 Å². The lowest BCUT2D eigenvalue weighted by Gasteiger charge is -2.35. The molecule has 2 saturated heterocycles. The maximum Gasteiger partial charge on any atom is 0.149 e. The van der Waals surface area contributed by atoms with Crippen molar-refractivity contribution in [1.29, 1.82) is 5.26 Å². The zero-order chi connectivity index (χ0) is 26.3. The van der Waals surface area contributed by atoms with E-state index in [9.17, 15) is 9.50 Å². The van der Waals surface area contributed by atoms with Gasteiger partial charge in [0, 0.05) is 56.6 Å². The number of anilines is 2. The predicted molar refractivity (Wildman–Crippen MR) is 148 cm³/mol. The lowest BCUT2D eigenvalue weighted by molar-refractivity contribution is 0.189. The number of nitrogens with one attached hydrogen (secondary N) is 2. The largest absolute Gasteiger partial charge is 0.395 e. The van der Waals surface area contributed by atoms with Gasteiger partial charge in [-0.2, -0.15) is 5.26 Å². The van der Waals surface area contributed by atoms with E-state index in [-0.39, 0.29) is 12.2 Å². The number of β-amino-alcohol motifs (C(OH)–C–C–N with tert-alkyl or cyclic N) is 1. The number of hydrogen-bond acceptors (Lipinski definition) is 7. The fourth-order valence-electron chi connectivity index (χ4n) is 5.36. The van der Waals surface area contributed by atoms with Gasteiger partial charge in [0.25, 0.3) is 0 Å². The van der Waals surface area contributed by atoms with Crippen molar-refractivity contribution in [3.63, 3.8) is 0 Å². The zero-order valence-electron chi connectivity index (χ0n) is 21.7. The average molecular weight is 518 g/mol. The number of aliphatic hydroxyl groups excluding tert-OH is 1. The van der Waals surface area contributed by atoms with Crippen molar-refractivity contribution in [2.24, 2.45) is 5.92 Å². The van der Waals surface area contributed by atoms with Gasteiger partial charge in [-0.3, -0.25) is 4.90 Å². The van der Waals surface area contributed by atoms with Crippen molar-refractivity contribution >= 4 is 11.5 Å². The number of halogens is 1. The van der Waals surface area contributed by atoms with E-state index in [1.54, 1.807) is 6.07 Å². The minimum atomic E-state index is -0.533. The Labute approximate surface area is 223 Å². The van der Waals surface area contributed by atoms with Crippen molar-refractivity contribution in [2.45, 2.75) is 19.3 Å². The third kappa shape index (κ3) is 6.16. The van der Waals surface area contributed by atoms with Crippen LogP contribution < -0.4 is 15.5 Å². The van der Waals surface area contributed by atoms with E-state index < -0.39 is 5.82 Å². The van der Waals surface area contributed by atoms with Crippen LogP contribution >= 0.6 is 0 Å². The number of piperazine rings is 1. The summed E-state index contributed by atoms with van der Waals surface area (Å²) in [5.41, 5.74) is 3.51. The molecule has 3 heterocycles. The monoisotopic (exact) mass is 517 g/mol. The van der Waals surface area contributed by atoms with Crippen LogP contribution in [0.15, 0.2) is 48.5 Å². The van der Waals surface area contributed by atoms with E-state index in [4.69, 9.17) is 10.4 Å². The molecule has 2 fully saturated rings. The van der Waals surface area contributed by atoms with Crippen molar-refractivity contribution in [2.75, 3.05) is 69.2 Å². The van der Waals surface area contributed by atoms with Crippen LogP contribution in [0.5, 0.6) is 0 Å². The lowest BCUT2D eigenvalue weighted by Crippen LogP contribution is -2.47. The summed E-state index contributed by atoms with van der Waals surface area (Å²) in [5, 5.41) is 30.2. The summed E-state index contributed by atoms with van der Waals surface area (Å²) < 4.78 is 16.4. The molecule has 38 heavy (non-hydrogen) atoms. The van der Waals surface area contributed by atoms with Crippen molar-refractivity contribution in [3.8, 4) is 23.0 Å². The number of benzene rings is 2. The van der Waals surface area contributed by atoms with Gasteiger partial charge in [0.1, 0.15) is 17.7 Å².